The van der Waals surface area contributed by atoms with Crippen molar-refractivity contribution in [2.24, 2.45) is 23.7 Å². The highest BCUT2D eigenvalue weighted by atomic mass is 16.2. The number of fused-ring (bicyclic) bond motifs is 1. The Kier molecular flexibility index (Phi) is 1.23. The summed E-state index contributed by atoms with van der Waals surface area (Å²) in [7, 11) is 0. The largest absolute Gasteiger partial charge is 0.299 e. The van der Waals surface area contributed by atoms with Crippen LogP contribution in [0.3, 0.4) is 0 Å². The predicted octanol–water partition coefficient (Wildman–Crippen LogP) is 1.05. The van der Waals surface area contributed by atoms with Crippen LogP contribution < -0.4 is 0 Å². The fraction of sp³-hybridized carbons (Fsp3) is 0.778. The van der Waals surface area contributed by atoms with Crippen molar-refractivity contribution in [3.63, 3.8) is 0 Å². The second-order valence-electron chi connectivity index (χ2n) is 3.82. The summed E-state index contributed by atoms with van der Waals surface area (Å²) in [5, 5.41) is 0. The standard InChI is InChI=1S/C9H12O2/c1-4-6-3-7(6)9(11)5(2)8(4)10/h4-7H,3H2,1-2H3. The van der Waals surface area contributed by atoms with Gasteiger partial charge >= 0.3 is 0 Å². The summed E-state index contributed by atoms with van der Waals surface area (Å²) in [6.07, 6.45) is 0.968. The maximum absolute atomic E-state index is 11.4. The third-order valence-electron chi connectivity index (χ3n) is 3.15. The van der Waals surface area contributed by atoms with Gasteiger partial charge in [0, 0.05) is 11.8 Å². The molecule has 0 spiro atoms. The summed E-state index contributed by atoms with van der Waals surface area (Å²) in [6.45, 7) is 3.70. The van der Waals surface area contributed by atoms with Crippen molar-refractivity contribution in [2.45, 2.75) is 20.3 Å². The Bertz CT molecular complexity index is 232. The Balaban J connectivity index is 2.26. The second-order valence-corrected chi connectivity index (χ2v) is 3.82. The van der Waals surface area contributed by atoms with Gasteiger partial charge in [-0.25, -0.2) is 0 Å². The molecule has 0 aromatic rings. The third-order valence-corrected chi connectivity index (χ3v) is 3.15. The lowest BCUT2D eigenvalue weighted by Gasteiger charge is -2.20. The van der Waals surface area contributed by atoms with Crippen LogP contribution in [0.15, 0.2) is 0 Å². The van der Waals surface area contributed by atoms with E-state index >= 15 is 0 Å². The summed E-state index contributed by atoms with van der Waals surface area (Å²) in [4.78, 5) is 22.7. The topological polar surface area (TPSA) is 34.1 Å². The lowest BCUT2D eigenvalue weighted by molar-refractivity contribution is -0.138. The molecule has 0 aliphatic heterocycles. The zero-order chi connectivity index (χ0) is 8.17. The van der Waals surface area contributed by atoms with Gasteiger partial charge in [-0.05, 0) is 19.3 Å². The van der Waals surface area contributed by atoms with E-state index in [0.29, 0.717) is 5.92 Å². The summed E-state index contributed by atoms with van der Waals surface area (Å²) >= 11 is 0. The lowest BCUT2D eigenvalue weighted by atomic mass is 9.81. The number of ketones is 2. The summed E-state index contributed by atoms with van der Waals surface area (Å²) in [5.74, 6) is 0.845. The number of hydrogen-bond acceptors (Lipinski definition) is 2. The van der Waals surface area contributed by atoms with Gasteiger partial charge in [0.2, 0.25) is 0 Å². The Morgan fingerprint density at radius 3 is 2.45 bits per heavy atom. The quantitative estimate of drug-likeness (QED) is 0.486. The molecule has 2 aliphatic carbocycles. The van der Waals surface area contributed by atoms with Crippen LogP contribution in [0.5, 0.6) is 0 Å². The maximum atomic E-state index is 11.4. The van der Waals surface area contributed by atoms with E-state index in [4.69, 9.17) is 0 Å². The van der Waals surface area contributed by atoms with Crippen LogP contribution >= 0.6 is 0 Å². The van der Waals surface area contributed by atoms with Crippen molar-refractivity contribution in [1.82, 2.24) is 0 Å². The molecular weight excluding hydrogens is 140 g/mol. The van der Waals surface area contributed by atoms with Crippen molar-refractivity contribution in [3.05, 3.63) is 0 Å². The zero-order valence-electron chi connectivity index (χ0n) is 6.83. The van der Waals surface area contributed by atoms with Gasteiger partial charge in [-0.3, -0.25) is 9.59 Å². The summed E-state index contributed by atoms with van der Waals surface area (Å²) in [5.41, 5.74) is 0. The van der Waals surface area contributed by atoms with Crippen molar-refractivity contribution >= 4 is 11.6 Å². The fourth-order valence-electron chi connectivity index (χ4n) is 2.16. The SMILES string of the molecule is CC1C(=O)C(C)C2CC2C1=O. The monoisotopic (exact) mass is 152 g/mol. The molecule has 4 unspecified atom stereocenters. The van der Waals surface area contributed by atoms with Crippen LogP contribution in [0.25, 0.3) is 0 Å². The Morgan fingerprint density at radius 1 is 1.18 bits per heavy atom. The first-order valence-corrected chi connectivity index (χ1v) is 4.20. The van der Waals surface area contributed by atoms with Gasteiger partial charge in [0.1, 0.15) is 11.6 Å². The average Bonchev–Trinajstić information content (AvgIpc) is 2.76. The van der Waals surface area contributed by atoms with E-state index in [2.05, 4.69) is 0 Å². The lowest BCUT2D eigenvalue weighted by Crippen LogP contribution is -2.34. The van der Waals surface area contributed by atoms with Gasteiger partial charge in [0.15, 0.2) is 0 Å². The van der Waals surface area contributed by atoms with Gasteiger partial charge < -0.3 is 0 Å². The van der Waals surface area contributed by atoms with Gasteiger partial charge in [0.05, 0.1) is 5.92 Å². The van der Waals surface area contributed by atoms with Crippen LogP contribution in [-0.2, 0) is 9.59 Å². The first-order chi connectivity index (χ1) is 5.13. The average molecular weight is 152 g/mol. The van der Waals surface area contributed by atoms with E-state index < -0.39 is 0 Å². The van der Waals surface area contributed by atoms with Crippen LogP contribution in [-0.4, -0.2) is 11.6 Å². The Labute approximate surface area is 66.0 Å². The Hall–Kier alpha value is -0.660. The first-order valence-electron chi connectivity index (χ1n) is 4.20. The molecule has 0 aromatic carbocycles. The number of hydrogen-bond donors (Lipinski definition) is 0. The van der Waals surface area contributed by atoms with Gasteiger partial charge in [0.25, 0.3) is 0 Å². The van der Waals surface area contributed by atoms with Crippen molar-refractivity contribution in [2.75, 3.05) is 0 Å². The summed E-state index contributed by atoms with van der Waals surface area (Å²) in [6, 6.07) is 0. The highest BCUT2D eigenvalue weighted by molar-refractivity contribution is 6.08. The van der Waals surface area contributed by atoms with Gasteiger partial charge in [-0.1, -0.05) is 6.92 Å². The number of carbonyl (C=O) groups excluding carboxylic acids is 2. The minimum absolute atomic E-state index is 0.146. The van der Waals surface area contributed by atoms with Crippen molar-refractivity contribution in [3.8, 4) is 0 Å². The molecule has 0 radical (unpaired) electrons. The molecule has 0 amide bonds. The smallest absolute Gasteiger partial charge is 0.146 e. The number of carbonyl (C=O) groups is 2. The molecule has 2 heteroatoms. The molecule has 60 valence electrons. The molecule has 2 rings (SSSR count). The molecule has 4 atom stereocenters. The molecule has 2 fully saturated rings. The van der Waals surface area contributed by atoms with Crippen LogP contribution in [0.4, 0.5) is 0 Å². The molecule has 0 heterocycles. The maximum Gasteiger partial charge on any atom is 0.146 e. The van der Waals surface area contributed by atoms with E-state index in [9.17, 15) is 9.59 Å². The molecule has 0 bridgehead atoms. The second kappa shape index (κ2) is 1.93. The van der Waals surface area contributed by atoms with E-state index in [1.54, 1.807) is 6.92 Å². The van der Waals surface area contributed by atoms with Crippen LogP contribution in [0, 0.1) is 23.7 Å². The number of Topliss-reactive ketones (excluding diaryl/α,β-unsaturated/α-hetero) is 2. The normalized spacial score (nSPS) is 48.9. The highest BCUT2D eigenvalue weighted by Gasteiger charge is 2.55. The minimum Gasteiger partial charge on any atom is -0.299 e. The Morgan fingerprint density at radius 2 is 1.82 bits per heavy atom. The molecule has 11 heavy (non-hydrogen) atoms. The molecule has 2 saturated carbocycles. The molecule has 2 aliphatic rings. The fourth-order valence-corrected chi connectivity index (χ4v) is 2.16. The van der Waals surface area contributed by atoms with Crippen LogP contribution in [0.1, 0.15) is 20.3 Å². The first kappa shape index (κ1) is 7.01. The van der Waals surface area contributed by atoms with E-state index in [-0.39, 0.29) is 29.3 Å². The number of rotatable bonds is 0. The molecule has 2 nitrogen and oxygen atoms in total. The zero-order valence-corrected chi connectivity index (χ0v) is 6.83. The van der Waals surface area contributed by atoms with E-state index in [1.807, 2.05) is 6.92 Å². The van der Waals surface area contributed by atoms with Crippen molar-refractivity contribution < 1.29 is 9.59 Å². The minimum atomic E-state index is -0.311. The van der Waals surface area contributed by atoms with E-state index in [0.717, 1.165) is 6.42 Å². The van der Waals surface area contributed by atoms with Crippen molar-refractivity contribution in [1.29, 1.82) is 0 Å². The summed E-state index contributed by atoms with van der Waals surface area (Å²) < 4.78 is 0. The third kappa shape index (κ3) is 0.784. The molecular formula is C9H12O2. The van der Waals surface area contributed by atoms with E-state index in [1.165, 1.54) is 0 Å². The highest BCUT2D eigenvalue weighted by Crippen LogP contribution is 2.50. The van der Waals surface area contributed by atoms with Gasteiger partial charge in [-0.2, -0.15) is 0 Å². The van der Waals surface area contributed by atoms with Gasteiger partial charge in [-0.15, -0.1) is 0 Å². The predicted molar refractivity (Wildman–Crippen MR) is 39.9 cm³/mol. The molecule has 0 saturated heterocycles. The molecule has 0 N–H and O–H groups in total. The molecule has 0 aromatic heterocycles. The van der Waals surface area contributed by atoms with Crippen LogP contribution in [0.2, 0.25) is 0 Å².